The molecular weight excluding hydrogens is 430 g/mol. The third-order valence-electron chi connectivity index (χ3n) is 4.65. The van der Waals surface area contributed by atoms with Crippen LogP contribution in [0.2, 0.25) is 5.02 Å². The van der Waals surface area contributed by atoms with Gasteiger partial charge in [-0.15, -0.1) is 0 Å². The number of hydrogen-bond acceptors (Lipinski definition) is 4. The van der Waals surface area contributed by atoms with Crippen molar-refractivity contribution in [3.8, 4) is 11.4 Å². The summed E-state index contributed by atoms with van der Waals surface area (Å²) < 4.78 is 6.40. The van der Waals surface area contributed by atoms with Crippen LogP contribution in [0, 0.1) is 0 Å². The number of hydrogen-bond donors (Lipinski definition) is 0. The van der Waals surface area contributed by atoms with Crippen LogP contribution in [-0.4, -0.2) is 34.0 Å². The van der Waals surface area contributed by atoms with E-state index in [2.05, 4.69) is 26.1 Å². The highest BCUT2D eigenvalue weighted by Gasteiger charge is 2.29. The summed E-state index contributed by atoms with van der Waals surface area (Å²) in [6, 6.07) is 14.8. The van der Waals surface area contributed by atoms with E-state index in [1.54, 1.807) is 12.1 Å². The third kappa shape index (κ3) is 4.06. The average molecular weight is 447 g/mol. The summed E-state index contributed by atoms with van der Waals surface area (Å²) in [5, 5.41) is 4.72. The molecular formula is C20H17BrClN3O2. The monoisotopic (exact) mass is 445 g/mol. The van der Waals surface area contributed by atoms with Gasteiger partial charge in [-0.3, -0.25) is 4.79 Å². The van der Waals surface area contributed by atoms with Crippen molar-refractivity contribution in [3.63, 3.8) is 0 Å². The van der Waals surface area contributed by atoms with E-state index < -0.39 is 0 Å². The fourth-order valence-corrected chi connectivity index (χ4v) is 3.90. The van der Waals surface area contributed by atoms with E-state index in [4.69, 9.17) is 16.1 Å². The Hall–Kier alpha value is -2.18. The first kappa shape index (κ1) is 18.2. The molecule has 0 N–H and O–H groups in total. The largest absolute Gasteiger partial charge is 0.339 e. The molecule has 1 fully saturated rings. The van der Waals surface area contributed by atoms with Crippen LogP contribution in [0.15, 0.2) is 57.5 Å². The van der Waals surface area contributed by atoms with Crippen molar-refractivity contribution < 1.29 is 9.32 Å². The molecule has 138 valence electrons. The lowest BCUT2D eigenvalue weighted by Gasteiger charge is -2.31. The van der Waals surface area contributed by atoms with Crippen LogP contribution in [0.3, 0.4) is 0 Å². The first-order chi connectivity index (χ1) is 13.1. The molecule has 1 aliphatic heterocycles. The van der Waals surface area contributed by atoms with Crippen LogP contribution in [-0.2, 0) is 0 Å². The van der Waals surface area contributed by atoms with E-state index in [0.29, 0.717) is 28.8 Å². The quantitative estimate of drug-likeness (QED) is 0.557. The lowest BCUT2D eigenvalue weighted by atomic mass is 9.97. The van der Waals surface area contributed by atoms with Gasteiger partial charge in [0.25, 0.3) is 5.91 Å². The summed E-state index contributed by atoms with van der Waals surface area (Å²) >= 11 is 9.46. The first-order valence-electron chi connectivity index (χ1n) is 8.74. The molecule has 0 saturated carbocycles. The SMILES string of the molecule is O=C(c1cccc(Br)c1)N1CCCC(c2nc(-c3cccc(Cl)c3)no2)C1. The van der Waals surface area contributed by atoms with E-state index in [0.717, 1.165) is 29.4 Å². The molecule has 1 unspecified atom stereocenters. The van der Waals surface area contributed by atoms with Gasteiger partial charge in [-0.2, -0.15) is 4.98 Å². The number of benzene rings is 2. The molecule has 1 amide bonds. The first-order valence-corrected chi connectivity index (χ1v) is 9.91. The minimum absolute atomic E-state index is 0.0237. The van der Waals surface area contributed by atoms with Crippen molar-refractivity contribution in [2.24, 2.45) is 0 Å². The Morgan fingerprint density at radius 1 is 1.22 bits per heavy atom. The minimum Gasteiger partial charge on any atom is -0.339 e. The second-order valence-corrected chi connectivity index (χ2v) is 7.92. The van der Waals surface area contributed by atoms with Gasteiger partial charge in [-0.25, -0.2) is 0 Å². The molecule has 7 heteroatoms. The Bertz CT molecular complexity index is 975. The third-order valence-corrected chi connectivity index (χ3v) is 5.38. The zero-order valence-electron chi connectivity index (χ0n) is 14.4. The van der Waals surface area contributed by atoms with Gasteiger partial charge in [0.15, 0.2) is 0 Å². The second-order valence-electron chi connectivity index (χ2n) is 6.57. The predicted octanol–water partition coefficient (Wildman–Crippen LogP) is 5.17. The van der Waals surface area contributed by atoms with Crippen LogP contribution in [0.4, 0.5) is 0 Å². The minimum atomic E-state index is 0.0237. The summed E-state index contributed by atoms with van der Waals surface area (Å²) in [5.74, 6) is 1.14. The Labute approximate surface area is 170 Å². The number of rotatable bonds is 3. The second kappa shape index (κ2) is 7.82. The van der Waals surface area contributed by atoms with Crippen LogP contribution in [0.25, 0.3) is 11.4 Å². The lowest BCUT2D eigenvalue weighted by molar-refractivity contribution is 0.0695. The number of halogens is 2. The van der Waals surface area contributed by atoms with Crippen molar-refractivity contribution in [1.82, 2.24) is 15.0 Å². The van der Waals surface area contributed by atoms with E-state index >= 15 is 0 Å². The smallest absolute Gasteiger partial charge is 0.253 e. The molecule has 2 heterocycles. The molecule has 1 aliphatic rings. The predicted molar refractivity (Wildman–Crippen MR) is 107 cm³/mol. The lowest BCUT2D eigenvalue weighted by Crippen LogP contribution is -2.39. The van der Waals surface area contributed by atoms with Gasteiger partial charge in [-0.1, -0.05) is 50.9 Å². The van der Waals surface area contributed by atoms with E-state index in [1.807, 2.05) is 41.3 Å². The van der Waals surface area contributed by atoms with E-state index in [1.165, 1.54) is 0 Å². The molecule has 1 saturated heterocycles. The topological polar surface area (TPSA) is 59.2 Å². The van der Waals surface area contributed by atoms with Gasteiger partial charge in [0, 0.05) is 33.7 Å². The molecule has 0 aliphatic carbocycles. The number of carbonyl (C=O) groups is 1. The summed E-state index contributed by atoms with van der Waals surface area (Å²) in [7, 11) is 0. The Morgan fingerprint density at radius 3 is 2.89 bits per heavy atom. The molecule has 0 spiro atoms. The number of aromatic nitrogens is 2. The normalized spacial score (nSPS) is 17.1. The zero-order chi connectivity index (χ0) is 18.8. The maximum absolute atomic E-state index is 12.8. The van der Waals surface area contributed by atoms with Crippen LogP contribution in [0.5, 0.6) is 0 Å². The molecule has 3 aromatic rings. The van der Waals surface area contributed by atoms with Crippen molar-refractivity contribution in [1.29, 1.82) is 0 Å². The fraction of sp³-hybridized carbons (Fsp3) is 0.250. The van der Waals surface area contributed by atoms with Gasteiger partial charge in [0.1, 0.15) is 0 Å². The highest BCUT2D eigenvalue weighted by molar-refractivity contribution is 9.10. The molecule has 1 atom stereocenters. The van der Waals surface area contributed by atoms with Crippen LogP contribution in [0.1, 0.15) is 35.0 Å². The van der Waals surface area contributed by atoms with Crippen LogP contribution >= 0.6 is 27.5 Å². The Morgan fingerprint density at radius 2 is 2.07 bits per heavy atom. The number of amides is 1. The van der Waals surface area contributed by atoms with E-state index in [9.17, 15) is 4.79 Å². The molecule has 0 bridgehead atoms. The van der Waals surface area contributed by atoms with Gasteiger partial charge in [0.05, 0.1) is 5.92 Å². The maximum Gasteiger partial charge on any atom is 0.253 e. The fourth-order valence-electron chi connectivity index (χ4n) is 3.31. The molecule has 2 aromatic carbocycles. The Balaban J connectivity index is 1.51. The highest BCUT2D eigenvalue weighted by Crippen LogP contribution is 2.29. The average Bonchev–Trinajstić information content (AvgIpc) is 3.18. The van der Waals surface area contributed by atoms with E-state index in [-0.39, 0.29) is 11.8 Å². The van der Waals surface area contributed by atoms with Gasteiger partial charge in [0.2, 0.25) is 11.7 Å². The highest BCUT2D eigenvalue weighted by atomic mass is 79.9. The zero-order valence-corrected chi connectivity index (χ0v) is 16.8. The summed E-state index contributed by atoms with van der Waals surface area (Å²) in [4.78, 5) is 19.2. The molecule has 5 nitrogen and oxygen atoms in total. The number of piperidine rings is 1. The Kier molecular flexibility index (Phi) is 5.27. The van der Waals surface area contributed by atoms with Gasteiger partial charge < -0.3 is 9.42 Å². The maximum atomic E-state index is 12.8. The standard InChI is InChI=1S/C20H17BrClN3O2/c21-16-7-1-5-14(10-16)20(26)25-9-3-6-15(12-25)19-23-18(24-27-19)13-4-2-8-17(22)11-13/h1-2,4-5,7-8,10-11,15H,3,6,9,12H2. The number of likely N-dealkylation sites (tertiary alicyclic amines) is 1. The molecule has 0 radical (unpaired) electrons. The molecule has 27 heavy (non-hydrogen) atoms. The van der Waals surface area contributed by atoms with Gasteiger partial charge in [-0.05, 0) is 43.2 Å². The van der Waals surface area contributed by atoms with Crippen molar-refractivity contribution >= 4 is 33.4 Å². The van der Waals surface area contributed by atoms with Crippen molar-refractivity contribution in [2.75, 3.05) is 13.1 Å². The van der Waals surface area contributed by atoms with Crippen molar-refractivity contribution in [3.05, 3.63) is 69.5 Å². The van der Waals surface area contributed by atoms with Crippen molar-refractivity contribution in [2.45, 2.75) is 18.8 Å². The molecule has 4 rings (SSSR count). The molecule has 1 aromatic heterocycles. The van der Waals surface area contributed by atoms with Gasteiger partial charge >= 0.3 is 0 Å². The number of carbonyl (C=O) groups excluding carboxylic acids is 1. The van der Waals surface area contributed by atoms with Crippen LogP contribution < -0.4 is 0 Å². The summed E-state index contributed by atoms with van der Waals surface area (Å²) in [6.45, 7) is 1.31. The number of nitrogens with zero attached hydrogens (tertiary/aromatic N) is 3. The summed E-state index contributed by atoms with van der Waals surface area (Å²) in [5.41, 5.74) is 1.49. The summed E-state index contributed by atoms with van der Waals surface area (Å²) in [6.07, 6.45) is 1.82.